The average molecular weight is 324 g/mol. The Bertz CT molecular complexity index is 826. The Morgan fingerprint density at radius 2 is 1.36 bits per heavy atom. The molecule has 0 saturated heterocycles. The van der Waals surface area contributed by atoms with Crippen LogP contribution >= 0.6 is 23.5 Å². The second-order valence-electron chi connectivity index (χ2n) is 4.09. The van der Waals surface area contributed by atoms with Gasteiger partial charge in [-0.15, -0.1) is 23.5 Å². The van der Waals surface area contributed by atoms with Crippen LogP contribution in [-0.2, 0) is 0 Å². The molecule has 22 heavy (non-hydrogen) atoms. The predicted octanol–water partition coefficient (Wildman–Crippen LogP) is 2.31. The fourth-order valence-corrected chi connectivity index (χ4v) is 3.30. The summed E-state index contributed by atoms with van der Waals surface area (Å²) < 4.78 is 0. The van der Waals surface area contributed by atoms with Crippen LogP contribution < -0.4 is 10.4 Å². The quantitative estimate of drug-likeness (QED) is 0.789. The Morgan fingerprint density at radius 1 is 0.909 bits per heavy atom. The highest BCUT2D eigenvalue weighted by Crippen LogP contribution is 2.17. The number of hydrogen-bond donors (Lipinski definition) is 0. The topological polar surface area (TPSA) is 95.2 Å². The van der Waals surface area contributed by atoms with E-state index in [4.69, 9.17) is 21.0 Å². The van der Waals surface area contributed by atoms with Gasteiger partial charge in [-0.05, 0) is 30.6 Å². The Morgan fingerprint density at radius 3 is 1.77 bits per heavy atom. The van der Waals surface area contributed by atoms with Gasteiger partial charge in [0.25, 0.3) is 0 Å². The van der Waals surface area contributed by atoms with E-state index in [2.05, 4.69) is 0 Å². The molecule has 1 aromatic rings. The molecule has 108 valence electrons. The van der Waals surface area contributed by atoms with Gasteiger partial charge >= 0.3 is 0 Å². The minimum atomic E-state index is 0.0321. The average Bonchev–Trinajstić information content (AvgIpc) is 2.56. The van der Waals surface area contributed by atoms with Gasteiger partial charge in [0.05, 0.1) is 0 Å². The second-order valence-corrected chi connectivity index (χ2v) is 6.08. The summed E-state index contributed by atoms with van der Waals surface area (Å²) in [7, 11) is 0. The lowest BCUT2D eigenvalue weighted by Gasteiger charge is -2.06. The van der Waals surface area contributed by atoms with E-state index in [0.717, 1.165) is 17.1 Å². The van der Waals surface area contributed by atoms with Crippen molar-refractivity contribution >= 4 is 34.7 Å². The van der Waals surface area contributed by atoms with E-state index >= 15 is 0 Å². The van der Waals surface area contributed by atoms with Crippen LogP contribution in [0.1, 0.15) is 13.3 Å². The number of rotatable bonds is 4. The molecule has 0 heterocycles. The van der Waals surface area contributed by atoms with E-state index in [1.165, 1.54) is 23.5 Å². The molecule has 0 radical (unpaired) electrons. The zero-order valence-corrected chi connectivity index (χ0v) is 13.8. The Balaban J connectivity index is 3.95. The summed E-state index contributed by atoms with van der Waals surface area (Å²) in [6.07, 6.45) is 2.76. The maximum absolute atomic E-state index is 9.13. The van der Waals surface area contributed by atoms with Gasteiger partial charge in [-0.1, -0.05) is 6.92 Å². The minimum absolute atomic E-state index is 0.0321. The van der Waals surface area contributed by atoms with Crippen molar-refractivity contribution < 1.29 is 0 Å². The van der Waals surface area contributed by atoms with Gasteiger partial charge in [0.2, 0.25) is 0 Å². The standard InChI is InChI=1S/C16H12N4S2/c1-3-4-22-16-6-13(11(7-17)8-18)15(21-2)5-14(16)12(9-19)10-20/h5-6H,3-4H2,1-2H3. The minimum Gasteiger partial charge on any atom is -0.192 e. The highest BCUT2D eigenvalue weighted by atomic mass is 32.2. The Labute approximate surface area is 138 Å². The van der Waals surface area contributed by atoms with Crippen LogP contribution in [0.4, 0.5) is 0 Å². The molecule has 0 spiro atoms. The molecule has 0 fully saturated rings. The van der Waals surface area contributed by atoms with E-state index in [1.54, 1.807) is 12.1 Å². The van der Waals surface area contributed by atoms with Crippen LogP contribution in [0.2, 0.25) is 0 Å². The van der Waals surface area contributed by atoms with E-state index in [1.807, 2.05) is 37.5 Å². The molecule has 0 amide bonds. The van der Waals surface area contributed by atoms with Gasteiger partial charge in [0.15, 0.2) is 0 Å². The first-order chi connectivity index (χ1) is 10.7. The number of hydrogen-bond acceptors (Lipinski definition) is 6. The van der Waals surface area contributed by atoms with E-state index < -0.39 is 0 Å². The van der Waals surface area contributed by atoms with E-state index in [0.29, 0.717) is 15.3 Å². The Kier molecular flexibility index (Phi) is 7.07. The second kappa shape index (κ2) is 8.81. The molecule has 0 aliphatic rings. The molecule has 0 unspecified atom stereocenters. The SMILES string of the molecule is CCCSc1cc(=C(C#N)C#N)c(SC)cc1=C(C#N)C#N. The summed E-state index contributed by atoms with van der Waals surface area (Å²) in [6, 6.07) is 11.1. The molecule has 4 nitrogen and oxygen atoms in total. The summed E-state index contributed by atoms with van der Waals surface area (Å²) in [5.41, 5.74) is 0.0700. The zero-order valence-electron chi connectivity index (χ0n) is 12.2. The van der Waals surface area contributed by atoms with Crippen LogP contribution in [0, 0.1) is 45.3 Å². The van der Waals surface area contributed by atoms with Crippen molar-refractivity contribution in [3.05, 3.63) is 22.6 Å². The molecule has 1 aromatic carbocycles. The summed E-state index contributed by atoms with van der Waals surface area (Å²) in [5, 5.41) is 37.6. The molecule has 0 bridgehead atoms. The molecular weight excluding hydrogens is 312 g/mol. The van der Waals surface area contributed by atoms with Crippen molar-refractivity contribution in [2.24, 2.45) is 0 Å². The molecule has 1 rings (SSSR count). The van der Waals surface area contributed by atoms with Gasteiger partial charge < -0.3 is 0 Å². The van der Waals surface area contributed by atoms with Crippen LogP contribution in [0.25, 0.3) is 11.1 Å². The van der Waals surface area contributed by atoms with E-state index in [-0.39, 0.29) is 11.1 Å². The van der Waals surface area contributed by atoms with Gasteiger partial charge in [-0.2, -0.15) is 21.0 Å². The third-order valence-corrected chi connectivity index (χ3v) is 4.79. The van der Waals surface area contributed by atoms with Crippen molar-refractivity contribution in [3.63, 3.8) is 0 Å². The van der Waals surface area contributed by atoms with Crippen LogP contribution in [0.3, 0.4) is 0 Å². The smallest absolute Gasteiger partial charge is 0.138 e. The zero-order chi connectivity index (χ0) is 16.5. The summed E-state index contributed by atoms with van der Waals surface area (Å²) >= 11 is 2.89. The van der Waals surface area contributed by atoms with Gasteiger partial charge in [0.1, 0.15) is 35.4 Å². The first-order valence-electron chi connectivity index (χ1n) is 6.36. The first kappa shape index (κ1) is 17.7. The maximum atomic E-state index is 9.13. The number of nitrogens with zero attached hydrogens (tertiary/aromatic N) is 4. The number of nitriles is 4. The number of thioether (sulfide) groups is 2. The molecule has 0 aliphatic heterocycles. The molecule has 0 aromatic heterocycles. The lowest BCUT2D eigenvalue weighted by molar-refractivity contribution is 1.10. The highest BCUT2D eigenvalue weighted by Gasteiger charge is 2.09. The third-order valence-electron chi connectivity index (χ3n) is 2.75. The van der Waals surface area contributed by atoms with Crippen LogP contribution in [0.5, 0.6) is 0 Å². The molecule has 0 atom stereocenters. The van der Waals surface area contributed by atoms with Crippen molar-refractivity contribution in [2.45, 2.75) is 23.1 Å². The fourth-order valence-electron chi connectivity index (χ4n) is 1.74. The Hall–Kier alpha value is -2.38. The predicted molar refractivity (Wildman–Crippen MR) is 87.8 cm³/mol. The number of benzene rings is 1. The fraction of sp³-hybridized carbons (Fsp3) is 0.250. The van der Waals surface area contributed by atoms with Gasteiger partial charge in [0, 0.05) is 20.2 Å². The van der Waals surface area contributed by atoms with Crippen LogP contribution in [0.15, 0.2) is 21.9 Å². The van der Waals surface area contributed by atoms with Crippen molar-refractivity contribution in [1.29, 1.82) is 21.0 Å². The molecule has 6 heteroatoms. The summed E-state index contributed by atoms with van der Waals surface area (Å²) in [6.45, 7) is 2.03. The summed E-state index contributed by atoms with van der Waals surface area (Å²) in [5.74, 6) is 0.823. The van der Waals surface area contributed by atoms with Gasteiger partial charge in [-0.25, -0.2) is 0 Å². The monoisotopic (exact) mass is 324 g/mol. The molecular formula is C16H12N4S2. The summed E-state index contributed by atoms with van der Waals surface area (Å²) in [4.78, 5) is 1.45. The molecule has 0 aliphatic carbocycles. The normalized spacial score (nSPS) is 9.00. The lowest BCUT2D eigenvalue weighted by atomic mass is 10.1. The molecule has 0 N–H and O–H groups in total. The maximum Gasteiger partial charge on any atom is 0.138 e. The van der Waals surface area contributed by atoms with Crippen molar-refractivity contribution in [3.8, 4) is 24.3 Å². The van der Waals surface area contributed by atoms with Crippen LogP contribution in [-0.4, -0.2) is 12.0 Å². The largest absolute Gasteiger partial charge is 0.192 e. The third kappa shape index (κ3) is 3.84. The van der Waals surface area contributed by atoms with E-state index in [9.17, 15) is 0 Å². The van der Waals surface area contributed by atoms with Crippen molar-refractivity contribution in [1.82, 2.24) is 0 Å². The van der Waals surface area contributed by atoms with Gasteiger partial charge in [-0.3, -0.25) is 0 Å². The lowest BCUT2D eigenvalue weighted by Crippen LogP contribution is -2.18. The molecule has 0 saturated carbocycles. The highest BCUT2D eigenvalue weighted by molar-refractivity contribution is 7.99. The first-order valence-corrected chi connectivity index (χ1v) is 8.57. The van der Waals surface area contributed by atoms with Crippen molar-refractivity contribution in [2.75, 3.05) is 12.0 Å².